The molecular weight excluding hydrogens is 152 g/mol. The van der Waals surface area contributed by atoms with Gasteiger partial charge in [-0.25, -0.2) is 0 Å². The van der Waals surface area contributed by atoms with E-state index in [0.29, 0.717) is 0 Å². The van der Waals surface area contributed by atoms with Crippen LogP contribution >= 0.6 is 0 Å². The Morgan fingerprint density at radius 3 is 2.67 bits per heavy atom. The fraction of sp³-hybridized carbons (Fsp3) is 0.667. The lowest BCUT2D eigenvalue weighted by Gasteiger charge is -2.05. The van der Waals surface area contributed by atoms with Crippen molar-refractivity contribution in [2.45, 2.75) is 13.3 Å². The number of likely N-dealkylation sites (N-methyl/N-ethyl adjacent to an activating group) is 1. The summed E-state index contributed by atoms with van der Waals surface area (Å²) in [5.41, 5.74) is 0. The first-order chi connectivity index (χ1) is 5.68. The highest BCUT2D eigenvalue weighted by Crippen LogP contribution is 1.80. The molecule has 0 unspecified atom stereocenters. The topological polar surface area (TPSA) is 32.3 Å². The summed E-state index contributed by atoms with van der Waals surface area (Å²) >= 11 is 0. The minimum absolute atomic E-state index is 0.0355. The van der Waals surface area contributed by atoms with Crippen molar-refractivity contribution >= 4 is 5.91 Å². The van der Waals surface area contributed by atoms with E-state index >= 15 is 0 Å². The fourth-order valence-corrected chi connectivity index (χ4v) is 0.671. The van der Waals surface area contributed by atoms with Gasteiger partial charge in [0.25, 0.3) is 0 Å². The van der Waals surface area contributed by atoms with Crippen LogP contribution in [0.5, 0.6) is 0 Å². The van der Waals surface area contributed by atoms with Crippen LogP contribution in [0.25, 0.3) is 0 Å². The van der Waals surface area contributed by atoms with Crippen LogP contribution in [0.2, 0.25) is 0 Å². The molecule has 12 heavy (non-hydrogen) atoms. The van der Waals surface area contributed by atoms with Crippen molar-refractivity contribution in [3.8, 4) is 0 Å². The van der Waals surface area contributed by atoms with Crippen LogP contribution in [0.15, 0.2) is 12.2 Å². The number of carbonyl (C=O) groups excluding carboxylic acids is 1. The highest BCUT2D eigenvalue weighted by atomic mass is 16.2. The lowest BCUT2D eigenvalue weighted by molar-refractivity contribution is -0.123. The first-order valence-corrected chi connectivity index (χ1v) is 4.27. The van der Waals surface area contributed by atoms with Gasteiger partial charge in [0.15, 0.2) is 0 Å². The van der Waals surface area contributed by atoms with E-state index in [2.05, 4.69) is 12.2 Å². The van der Waals surface area contributed by atoms with Crippen LogP contribution in [-0.4, -0.2) is 38.0 Å². The Morgan fingerprint density at radius 1 is 1.50 bits per heavy atom. The normalized spacial score (nSPS) is 10.6. The highest BCUT2D eigenvalue weighted by Gasteiger charge is 1.94. The second-order valence-corrected chi connectivity index (χ2v) is 2.84. The Kier molecular flexibility index (Phi) is 6.38. The molecular formula is C9H18N2O. The SMILES string of the molecule is CCCNC/C=C/C(=O)N(C)C. The molecule has 0 saturated heterocycles. The summed E-state index contributed by atoms with van der Waals surface area (Å²) in [6.07, 6.45) is 4.55. The smallest absolute Gasteiger partial charge is 0.245 e. The Balaban J connectivity index is 3.42. The van der Waals surface area contributed by atoms with E-state index in [0.717, 1.165) is 19.5 Å². The summed E-state index contributed by atoms with van der Waals surface area (Å²) in [6, 6.07) is 0. The van der Waals surface area contributed by atoms with Gasteiger partial charge in [-0.1, -0.05) is 13.0 Å². The molecule has 0 aromatic carbocycles. The molecule has 1 N–H and O–H groups in total. The van der Waals surface area contributed by atoms with Crippen LogP contribution in [0.1, 0.15) is 13.3 Å². The standard InChI is InChI=1S/C9H18N2O/c1-4-7-10-8-5-6-9(12)11(2)3/h5-6,10H,4,7-8H2,1-3H3/b6-5+. The lowest BCUT2D eigenvalue weighted by Crippen LogP contribution is -2.20. The van der Waals surface area contributed by atoms with Gasteiger partial charge in [-0.3, -0.25) is 4.79 Å². The second-order valence-electron chi connectivity index (χ2n) is 2.84. The molecule has 0 saturated carbocycles. The third-order valence-corrected chi connectivity index (χ3v) is 1.39. The molecule has 3 heteroatoms. The maximum absolute atomic E-state index is 11.0. The molecule has 3 nitrogen and oxygen atoms in total. The number of nitrogens with one attached hydrogen (secondary N) is 1. The molecule has 0 spiro atoms. The molecule has 0 heterocycles. The lowest BCUT2D eigenvalue weighted by atomic mass is 10.4. The maximum atomic E-state index is 11.0. The minimum atomic E-state index is 0.0355. The van der Waals surface area contributed by atoms with E-state index in [9.17, 15) is 4.79 Å². The third-order valence-electron chi connectivity index (χ3n) is 1.39. The van der Waals surface area contributed by atoms with Gasteiger partial charge < -0.3 is 10.2 Å². The van der Waals surface area contributed by atoms with Crippen LogP contribution in [0, 0.1) is 0 Å². The van der Waals surface area contributed by atoms with Gasteiger partial charge in [-0.15, -0.1) is 0 Å². The van der Waals surface area contributed by atoms with Crippen molar-refractivity contribution in [2.24, 2.45) is 0 Å². The number of hydrogen-bond acceptors (Lipinski definition) is 2. The predicted octanol–water partition coefficient (Wildman–Crippen LogP) is 0.630. The number of rotatable bonds is 5. The zero-order valence-corrected chi connectivity index (χ0v) is 8.13. The van der Waals surface area contributed by atoms with E-state index in [4.69, 9.17) is 0 Å². The largest absolute Gasteiger partial charge is 0.345 e. The van der Waals surface area contributed by atoms with Gasteiger partial charge in [-0.05, 0) is 13.0 Å². The monoisotopic (exact) mass is 170 g/mol. The van der Waals surface area contributed by atoms with Crippen molar-refractivity contribution < 1.29 is 4.79 Å². The van der Waals surface area contributed by atoms with Gasteiger partial charge >= 0.3 is 0 Å². The molecule has 0 aliphatic rings. The van der Waals surface area contributed by atoms with Gasteiger partial charge in [0.2, 0.25) is 5.91 Å². The summed E-state index contributed by atoms with van der Waals surface area (Å²) in [5.74, 6) is 0.0355. The molecule has 0 bridgehead atoms. The van der Waals surface area contributed by atoms with Crippen LogP contribution in [-0.2, 0) is 4.79 Å². The average Bonchev–Trinajstić information content (AvgIpc) is 2.03. The van der Waals surface area contributed by atoms with E-state index in [-0.39, 0.29) is 5.91 Å². The van der Waals surface area contributed by atoms with Crippen LogP contribution in [0.3, 0.4) is 0 Å². The summed E-state index contributed by atoms with van der Waals surface area (Å²) in [5, 5.41) is 3.17. The first kappa shape index (κ1) is 11.2. The van der Waals surface area contributed by atoms with Crippen LogP contribution in [0.4, 0.5) is 0 Å². The molecule has 0 fully saturated rings. The van der Waals surface area contributed by atoms with Gasteiger partial charge in [-0.2, -0.15) is 0 Å². The quantitative estimate of drug-likeness (QED) is 0.485. The molecule has 0 aromatic heterocycles. The van der Waals surface area contributed by atoms with Crippen LogP contribution < -0.4 is 5.32 Å². The summed E-state index contributed by atoms with van der Waals surface area (Å²) < 4.78 is 0. The van der Waals surface area contributed by atoms with E-state index in [1.807, 2.05) is 6.08 Å². The summed E-state index contributed by atoms with van der Waals surface area (Å²) in [4.78, 5) is 12.5. The van der Waals surface area contributed by atoms with Crippen molar-refractivity contribution in [3.63, 3.8) is 0 Å². The Morgan fingerprint density at radius 2 is 2.17 bits per heavy atom. The maximum Gasteiger partial charge on any atom is 0.245 e. The number of nitrogens with zero attached hydrogens (tertiary/aromatic N) is 1. The van der Waals surface area contributed by atoms with Crippen molar-refractivity contribution in [3.05, 3.63) is 12.2 Å². The Bertz CT molecular complexity index is 153. The van der Waals surface area contributed by atoms with Gasteiger partial charge in [0.1, 0.15) is 0 Å². The first-order valence-electron chi connectivity index (χ1n) is 4.27. The Labute approximate surface area is 74.4 Å². The number of amides is 1. The van der Waals surface area contributed by atoms with Gasteiger partial charge in [0, 0.05) is 26.7 Å². The molecule has 0 aromatic rings. The second kappa shape index (κ2) is 6.85. The van der Waals surface area contributed by atoms with Gasteiger partial charge in [0.05, 0.1) is 0 Å². The van der Waals surface area contributed by atoms with E-state index in [1.54, 1.807) is 25.1 Å². The fourth-order valence-electron chi connectivity index (χ4n) is 0.671. The molecule has 70 valence electrons. The molecule has 0 radical (unpaired) electrons. The van der Waals surface area contributed by atoms with E-state index < -0.39 is 0 Å². The molecule has 0 atom stereocenters. The summed E-state index contributed by atoms with van der Waals surface area (Å²) in [7, 11) is 3.48. The summed E-state index contributed by atoms with van der Waals surface area (Å²) in [6.45, 7) is 3.88. The molecule has 0 aliphatic heterocycles. The van der Waals surface area contributed by atoms with E-state index in [1.165, 1.54) is 0 Å². The van der Waals surface area contributed by atoms with Crippen molar-refractivity contribution in [1.29, 1.82) is 0 Å². The van der Waals surface area contributed by atoms with Crippen molar-refractivity contribution in [1.82, 2.24) is 10.2 Å². The van der Waals surface area contributed by atoms with Crippen molar-refractivity contribution in [2.75, 3.05) is 27.2 Å². The Hall–Kier alpha value is -0.830. The predicted molar refractivity (Wildman–Crippen MR) is 51.0 cm³/mol. The average molecular weight is 170 g/mol. The zero-order valence-electron chi connectivity index (χ0n) is 8.13. The highest BCUT2D eigenvalue weighted by molar-refractivity contribution is 5.87. The number of hydrogen-bond donors (Lipinski definition) is 1. The third kappa shape index (κ3) is 5.92. The molecule has 0 rings (SSSR count). The number of carbonyl (C=O) groups is 1. The zero-order chi connectivity index (χ0) is 9.40. The molecule has 0 aliphatic carbocycles. The minimum Gasteiger partial charge on any atom is -0.345 e. The molecule has 1 amide bonds.